The highest BCUT2D eigenvalue weighted by Gasteiger charge is 2.60. The Kier molecular flexibility index (Phi) is 2.63. The van der Waals surface area contributed by atoms with Gasteiger partial charge in [0.15, 0.2) is 5.13 Å². The van der Waals surface area contributed by atoms with Crippen LogP contribution >= 0.6 is 22.9 Å². The number of nitrogens with zero attached hydrogens (tertiary/aromatic N) is 2. The van der Waals surface area contributed by atoms with Gasteiger partial charge in [-0.1, -0.05) is 35.1 Å². The van der Waals surface area contributed by atoms with Crippen LogP contribution < -0.4 is 4.90 Å². The predicted molar refractivity (Wildman–Crippen MR) is 89.6 cm³/mol. The molecule has 0 radical (unpaired) electrons. The highest BCUT2D eigenvalue weighted by Crippen LogP contribution is 2.53. The third-order valence-corrected chi connectivity index (χ3v) is 6.73. The minimum Gasteiger partial charge on any atom is -0.274 e. The van der Waals surface area contributed by atoms with Crippen molar-refractivity contribution >= 4 is 50.1 Å². The van der Waals surface area contributed by atoms with Gasteiger partial charge >= 0.3 is 0 Å². The third kappa shape index (κ3) is 1.69. The molecular formula is C17H13ClN2O2S. The van der Waals surface area contributed by atoms with Crippen LogP contribution in [0.2, 0.25) is 5.02 Å². The number of thiazole rings is 1. The van der Waals surface area contributed by atoms with Crippen LogP contribution in [0.4, 0.5) is 5.13 Å². The normalized spacial score (nSPS) is 31.7. The lowest BCUT2D eigenvalue weighted by atomic mass is 9.85. The fourth-order valence-corrected chi connectivity index (χ4v) is 5.44. The fourth-order valence-electron chi connectivity index (χ4n) is 4.22. The summed E-state index contributed by atoms with van der Waals surface area (Å²) < 4.78 is 0.945. The van der Waals surface area contributed by atoms with E-state index in [1.807, 2.05) is 13.0 Å². The van der Waals surface area contributed by atoms with Crippen LogP contribution in [0, 0.1) is 30.6 Å². The molecule has 0 unspecified atom stereocenters. The molecule has 3 aliphatic rings. The smallest absolute Gasteiger partial charge is 0.240 e. The Morgan fingerprint density at radius 3 is 2.48 bits per heavy atom. The maximum absolute atomic E-state index is 12.8. The van der Waals surface area contributed by atoms with Crippen LogP contribution in [0.25, 0.3) is 10.2 Å². The number of hydrogen-bond acceptors (Lipinski definition) is 4. The lowest BCUT2D eigenvalue weighted by Gasteiger charge is -2.14. The lowest BCUT2D eigenvalue weighted by Crippen LogP contribution is -2.32. The van der Waals surface area contributed by atoms with Crippen molar-refractivity contribution in [2.24, 2.45) is 23.7 Å². The summed E-state index contributed by atoms with van der Waals surface area (Å²) in [6.45, 7) is 1.93. The molecule has 2 bridgehead atoms. The zero-order valence-electron chi connectivity index (χ0n) is 12.3. The predicted octanol–water partition coefficient (Wildman–Crippen LogP) is 3.57. The van der Waals surface area contributed by atoms with E-state index in [0.29, 0.717) is 10.2 Å². The fraction of sp³-hybridized carbons (Fsp3) is 0.353. The summed E-state index contributed by atoms with van der Waals surface area (Å²) in [5.41, 5.74) is 1.70. The molecule has 116 valence electrons. The Morgan fingerprint density at radius 2 is 1.83 bits per heavy atom. The van der Waals surface area contributed by atoms with Gasteiger partial charge in [-0.2, -0.15) is 0 Å². The van der Waals surface area contributed by atoms with Crippen molar-refractivity contribution in [2.75, 3.05) is 4.90 Å². The van der Waals surface area contributed by atoms with E-state index in [-0.39, 0.29) is 35.5 Å². The second-order valence-corrected chi connectivity index (χ2v) is 7.99. The minimum atomic E-state index is -0.185. The summed E-state index contributed by atoms with van der Waals surface area (Å²) >= 11 is 7.53. The SMILES string of the molecule is Cc1cc2sc(N3C(=O)[C@@H]4[C@H](C3=O)[C@@H]3C=C[C@@H]4C3)nc2cc1Cl. The van der Waals surface area contributed by atoms with Crippen LogP contribution in [0.5, 0.6) is 0 Å². The molecule has 1 aliphatic heterocycles. The average molecular weight is 345 g/mol. The largest absolute Gasteiger partial charge is 0.274 e. The van der Waals surface area contributed by atoms with E-state index in [9.17, 15) is 9.59 Å². The summed E-state index contributed by atoms with van der Waals surface area (Å²) in [7, 11) is 0. The number of carbonyl (C=O) groups excluding carboxylic acids is 2. The summed E-state index contributed by atoms with van der Waals surface area (Å²) in [5.74, 6) is -0.0999. The van der Waals surface area contributed by atoms with E-state index in [0.717, 1.165) is 22.2 Å². The molecule has 2 aliphatic carbocycles. The summed E-state index contributed by atoms with van der Waals surface area (Å²) in [4.78, 5) is 31.4. The van der Waals surface area contributed by atoms with Crippen LogP contribution in [-0.4, -0.2) is 16.8 Å². The molecular weight excluding hydrogens is 332 g/mol. The van der Waals surface area contributed by atoms with E-state index >= 15 is 0 Å². The molecule has 1 saturated carbocycles. The van der Waals surface area contributed by atoms with Crippen molar-refractivity contribution in [1.29, 1.82) is 0 Å². The molecule has 2 fully saturated rings. The number of imide groups is 1. The molecule has 2 heterocycles. The Hall–Kier alpha value is -1.72. The van der Waals surface area contributed by atoms with E-state index in [4.69, 9.17) is 11.6 Å². The molecule has 2 aromatic rings. The highest BCUT2D eigenvalue weighted by molar-refractivity contribution is 7.22. The molecule has 2 amide bonds. The molecule has 0 N–H and O–H groups in total. The van der Waals surface area contributed by atoms with Crippen LogP contribution in [-0.2, 0) is 9.59 Å². The Morgan fingerprint density at radius 1 is 1.17 bits per heavy atom. The maximum Gasteiger partial charge on any atom is 0.240 e. The van der Waals surface area contributed by atoms with Crippen molar-refractivity contribution in [3.8, 4) is 0 Å². The van der Waals surface area contributed by atoms with E-state index < -0.39 is 0 Å². The first kappa shape index (κ1) is 13.7. The number of fused-ring (bicyclic) bond motifs is 6. The maximum atomic E-state index is 12.8. The van der Waals surface area contributed by atoms with E-state index in [1.165, 1.54) is 16.2 Å². The van der Waals surface area contributed by atoms with Gasteiger partial charge in [-0.05, 0) is 42.9 Å². The summed E-state index contributed by atoms with van der Waals surface area (Å²) in [6.07, 6.45) is 5.14. The Labute approximate surface area is 141 Å². The van der Waals surface area contributed by atoms with Crippen molar-refractivity contribution in [3.05, 3.63) is 34.9 Å². The lowest BCUT2D eigenvalue weighted by molar-refractivity contribution is -0.123. The van der Waals surface area contributed by atoms with Gasteiger partial charge in [0.1, 0.15) is 0 Å². The Balaban J connectivity index is 1.60. The van der Waals surface area contributed by atoms with Crippen LogP contribution in [0.1, 0.15) is 12.0 Å². The molecule has 4 nitrogen and oxygen atoms in total. The van der Waals surface area contributed by atoms with Crippen molar-refractivity contribution in [1.82, 2.24) is 4.98 Å². The zero-order chi connectivity index (χ0) is 15.9. The first-order valence-corrected chi connectivity index (χ1v) is 8.87. The van der Waals surface area contributed by atoms with Crippen molar-refractivity contribution < 1.29 is 9.59 Å². The van der Waals surface area contributed by atoms with Crippen LogP contribution in [0.3, 0.4) is 0 Å². The van der Waals surface area contributed by atoms with E-state index in [2.05, 4.69) is 17.1 Å². The molecule has 0 spiro atoms. The summed E-state index contributed by atoms with van der Waals surface area (Å²) in [6, 6.07) is 3.75. The number of carbonyl (C=O) groups is 2. The molecule has 1 saturated heterocycles. The molecule has 1 aromatic heterocycles. The molecule has 1 aromatic carbocycles. The number of allylic oxidation sites excluding steroid dienone is 2. The second-order valence-electron chi connectivity index (χ2n) is 6.58. The van der Waals surface area contributed by atoms with Gasteiger partial charge in [-0.15, -0.1) is 0 Å². The van der Waals surface area contributed by atoms with Crippen LogP contribution in [0.15, 0.2) is 24.3 Å². The minimum absolute atomic E-state index is 0.0845. The third-order valence-electron chi connectivity index (χ3n) is 5.32. The van der Waals surface area contributed by atoms with Crippen molar-refractivity contribution in [2.45, 2.75) is 13.3 Å². The zero-order valence-corrected chi connectivity index (χ0v) is 13.9. The first-order chi connectivity index (χ1) is 11.0. The number of anilines is 1. The quantitative estimate of drug-likeness (QED) is 0.587. The number of benzene rings is 1. The molecule has 6 heteroatoms. The van der Waals surface area contributed by atoms with Gasteiger partial charge in [0.05, 0.1) is 22.1 Å². The summed E-state index contributed by atoms with van der Waals surface area (Å²) in [5, 5.41) is 1.12. The average Bonchev–Trinajstić information content (AvgIpc) is 3.24. The molecule has 4 atom stereocenters. The number of amides is 2. The number of aromatic nitrogens is 1. The van der Waals surface area contributed by atoms with Gasteiger partial charge in [-0.25, -0.2) is 9.88 Å². The van der Waals surface area contributed by atoms with Gasteiger partial charge in [0.2, 0.25) is 11.8 Å². The van der Waals surface area contributed by atoms with Crippen molar-refractivity contribution in [3.63, 3.8) is 0 Å². The number of hydrogen-bond donors (Lipinski definition) is 0. The molecule has 23 heavy (non-hydrogen) atoms. The van der Waals surface area contributed by atoms with Gasteiger partial charge in [0.25, 0.3) is 0 Å². The first-order valence-electron chi connectivity index (χ1n) is 7.67. The van der Waals surface area contributed by atoms with Gasteiger partial charge < -0.3 is 0 Å². The number of rotatable bonds is 1. The standard InChI is InChI=1S/C17H13ClN2O2S/c1-7-4-12-11(6-10(7)18)19-17(23-12)20-15(21)13-8-2-3-9(5-8)14(13)16(20)22/h2-4,6,8-9,13-14H,5H2,1H3/t8-,9-,13-,14+/m1/s1. The number of aryl methyl sites for hydroxylation is 1. The monoisotopic (exact) mass is 344 g/mol. The second kappa shape index (κ2) is 4.42. The highest BCUT2D eigenvalue weighted by atomic mass is 35.5. The Bertz CT molecular complexity index is 850. The number of halogens is 1. The topological polar surface area (TPSA) is 50.3 Å². The van der Waals surface area contributed by atoms with Gasteiger partial charge in [-0.3, -0.25) is 9.59 Å². The molecule has 5 rings (SSSR count). The van der Waals surface area contributed by atoms with Gasteiger partial charge in [0, 0.05) is 5.02 Å². The van der Waals surface area contributed by atoms with E-state index in [1.54, 1.807) is 6.07 Å².